The van der Waals surface area contributed by atoms with Crippen LogP contribution < -0.4 is 5.43 Å². The van der Waals surface area contributed by atoms with Gasteiger partial charge < -0.3 is 0 Å². The van der Waals surface area contributed by atoms with Gasteiger partial charge in [0, 0.05) is 20.1 Å². The molecular formula is C14H10Br2N2O. The molecule has 0 aromatic heterocycles. The summed E-state index contributed by atoms with van der Waals surface area (Å²) in [4.78, 5) is 11.8. The number of carbonyl (C=O) groups excluding carboxylic acids is 1. The molecule has 0 aliphatic heterocycles. The topological polar surface area (TPSA) is 41.5 Å². The molecule has 1 amide bonds. The summed E-state index contributed by atoms with van der Waals surface area (Å²) in [5.74, 6) is -0.240. The molecule has 0 aliphatic carbocycles. The number of benzene rings is 2. The van der Waals surface area contributed by atoms with Crippen LogP contribution in [0, 0.1) is 0 Å². The van der Waals surface area contributed by atoms with E-state index in [0.29, 0.717) is 5.56 Å². The Morgan fingerprint density at radius 2 is 1.74 bits per heavy atom. The van der Waals surface area contributed by atoms with Gasteiger partial charge in [-0.15, -0.1) is 0 Å². The summed E-state index contributed by atoms with van der Waals surface area (Å²) >= 11 is 6.73. The molecule has 5 heteroatoms. The number of rotatable bonds is 3. The molecule has 0 atom stereocenters. The third-order valence-electron chi connectivity index (χ3n) is 2.38. The van der Waals surface area contributed by atoms with Crippen LogP contribution in [0.4, 0.5) is 0 Å². The van der Waals surface area contributed by atoms with Gasteiger partial charge in [0.05, 0.1) is 6.21 Å². The molecule has 0 saturated carbocycles. The van der Waals surface area contributed by atoms with E-state index in [1.165, 1.54) is 0 Å². The minimum absolute atomic E-state index is 0.240. The van der Waals surface area contributed by atoms with Gasteiger partial charge in [-0.05, 0) is 30.3 Å². The fourth-order valence-electron chi connectivity index (χ4n) is 1.41. The van der Waals surface area contributed by atoms with Crippen LogP contribution in [0.25, 0.3) is 0 Å². The maximum atomic E-state index is 11.8. The lowest BCUT2D eigenvalue weighted by Gasteiger charge is -2.00. The van der Waals surface area contributed by atoms with Gasteiger partial charge in [0.1, 0.15) is 0 Å². The maximum Gasteiger partial charge on any atom is 0.271 e. The van der Waals surface area contributed by atoms with Crippen molar-refractivity contribution in [3.05, 3.63) is 68.6 Å². The number of halogens is 2. The Morgan fingerprint density at radius 1 is 1.05 bits per heavy atom. The van der Waals surface area contributed by atoms with Gasteiger partial charge in [-0.1, -0.05) is 50.1 Å². The van der Waals surface area contributed by atoms with E-state index in [4.69, 9.17) is 0 Å². The number of amides is 1. The van der Waals surface area contributed by atoms with E-state index in [1.807, 2.05) is 36.4 Å². The van der Waals surface area contributed by atoms with Crippen LogP contribution in [0.15, 0.2) is 62.6 Å². The molecule has 2 aromatic rings. The number of carbonyl (C=O) groups is 1. The standard InChI is InChI=1S/C14H10Br2N2O/c15-12-7-5-10(6-8-12)14(19)18-17-9-11-3-1-2-4-13(11)16/h1-9H,(H,18,19)/b17-9-. The Bertz CT molecular complexity index is 609. The summed E-state index contributed by atoms with van der Waals surface area (Å²) in [6.45, 7) is 0. The number of hydrazone groups is 1. The van der Waals surface area contributed by atoms with Crippen molar-refractivity contribution in [1.82, 2.24) is 5.43 Å². The molecule has 0 bridgehead atoms. The zero-order valence-corrected chi connectivity index (χ0v) is 13.0. The maximum absolute atomic E-state index is 11.8. The fraction of sp³-hybridized carbons (Fsp3) is 0. The lowest BCUT2D eigenvalue weighted by atomic mass is 10.2. The first kappa shape index (κ1) is 14.0. The quantitative estimate of drug-likeness (QED) is 0.634. The highest BCUT2D eigenvalue weighted by molar-refractivity contribution is 9.10. The van der Waals surface area contributed by atoms with Crippen molar-refractivity contribution in [2.45, 2.75) is 0 Å². The summed E-state index contributed by atoms with van der Waals surface area (Å²) in [5.41, 5.74) is 3.95. The van der Waals surface area contributed by atoms with Crippen LogP contribution in [0.3, 0.4) is 0 Å². The first-order valence-electron chi connectivity index (χ1n) is 5.50. The minimum atomic E-state index is -0.240. The van der Waals surface area contributed by atoms with Crippen LogP contribution in [0.2, 0.25) is 0 Å². The molecule has 2 aromatic carbocycles. The third kappa shape index (κ3) is 4.01. The molecular weight excluding hydrogens is 372 g/mol. The third-order valence-corrected chi connectivity index (χ3v) is 3.63. The van der Waals surface area contributed by atoms with E-state index in [-0.39, 0.29) is 5.91 Å². The number of nitrogens with one attached hydrogen (secondary N) is 1. The molecule has 3 nitrogen and oxygen atoms in total. The smallest absolute Gasteiger partial charge is 0.267 e. The largest absolute Gasteiger partial charge is 0.271 e. The molecule has 0 aliphatic rings. The van der Waals surface area contributed by atoms with Crippen molar-refractivity contribution in [2.24, 2.45) is 5.10 Å². The van der Waals surface area contributed by atoms with Gasteiger partial charge in [-0.25, -0.2) is 5.43 Å². The Balaban J connectivity index is 2.01. The molecule has 0 fully saturated rings. The van der Waals surface area contributed by atoms with Gasteiger partial charge in [0.2, 0.25) is 0 Å². The number of nitrogens with zero attached hydrogens (tertiary/aromatic N) is 1. The van der Waals surface area contributed by atoms with E-state index < -0.39 is 0 Å². The second-order valence-corrected chi connectivity index (χ2v) is 5.50. The lowest BCUT2D eigenvalue weighted by molar-refractivity contribution is 0.0955. The highest BCUT2D eigenvalue weighted by Gasteiger charge is 2.03. The monoisotopic (exact) mass is 380 g/mol. The van der Waals surface area contributed by atoms with Crippen LogP contribution in [-0.2, 0) is 0 Å². The Hall–Kier alpha value is -1.46. The zero-order valence-electron chi connectivity index (χ0n) is 9.81. The Labute approximate surface area is 128 Å². The summed E-state index contributed by atoms with van der Waals surface area (Å²) < 4.78 is 1.86. The van der Waals surface area contributed by atoms with E-state index in [9.17, 15) is 4.79 Å². The summed E-state index contributed by atoms with van der Waals surface area (Å²) in [6, 6.07) is 14.7. The van der Waals surface area contributed by atoms with Crippen LogP contribution in [0.1, 0.15) is 15.9 Å². The molecule has 96 valence electrons. The van der Waals surface area contributed by atoms with Crippen molar-refractivity contribution >= 4 is 44.0 Å². The normalized spacial score (nSPS) is 10.6. The predicted molar refractivity (Wildman–Crippen MR) is 83.3 cm³/mol. The SMILES string of the molecule is O=C(N/N=C\c1ccccc1Br)c1ccc(Br)cc1. The lowest BCUT2D eigenvalue weighted by Crippen LogP contribution is -2.17. The van der Waals surface area contributed by atoms with E-state index in [1.54, 1.807) is 18.3 Å². The fourth-order valence-corrected chi connectivity index (χ4v) is 2.06. The van der Waals surface area contributed by atoms with Crippen molar-refractivity contribution in [2.75, 3.05) is 0 Å². The average molecular weight is 382 g/mol. The molecule has 0 saturated heterocycles. The van der Waals surface area contributed by atoms with Crippen LogP contribution in [-0.4, -0.2) is 12.1 Å². The molecule has 2 rings (SSSR count). The van der Waals surface area contributed by atoms with Crippen molar-refractivity contribution in [3.8, 4) is 0 Å². The van der Waals surface area contributed by atoms with Crippen molar-refractivity contribution < 1.29 is 4.79 Å². The second-order valence-electron chi connectivity index (χ2n) is 3.73. The number of hydrogen-bond acceptors (Lipinski definition) is 2. The summed E-state index contributed by atoms with van der Waals surface area (Å²) in [5, 5.41) is 3.93. The molecule has 0 heterocycles. The van der Waals surface area contributed by atoms with Gasteiger partial charge in [-0.3, -0.25) is 4.79 Å². The van der Waals surface area contributed by atoms with Gasteiger partial charge in [-0.2, -0.15) is 5.10 Å². The summed E-state index contributed by atoms with van der Waals surface area (Å²) in [7, 11) is 0. The first-order valence-corrected chi connectivity index (χ1v) is 7.09. The van der Waals surface area contributed by atoms with Gasteiger partial charge in [0.15, 0.2) is 0 Å². The molecule has 0 radical (unpaired) electrons. The Morgan fingerprint density at radius 3 is 2.42 bits per heavy atom. The van der Waals surface area contributed by atoms with E-state index in [2.05, 4.69) is 42.4 Å². The van der Waals surface area contributed by atoms with Gasteiger partial charge in [0.25, 0.3) is 5.91 Å². The van der Waals surface area contributed by atoms with Crippen LogP contribution in [0.5, 0.6) is 0 Å². The predicted octanol–water partition coefficient (Wildman–Crippen LogP) is 3.98. The van der Waals surface area contributed by atoms with E-state index >= 15 is 0 Å². The van der Waals surface area contributed by atoms with Crippen LogP contribution >= 0.6 is 31.9 Å². The van der Waals surface area contributed by atoms with Gasteiger partial charge >= 0.3 is 0 Å². The molecule has 19 heavy (non-hydrogen) atoms. The summed E-state index contributed by atoms with van der Waals surface area (Å²) in [6.07, 6.45) is 1.60. The van der Waals surface area contributed by atoms with Crippen molar-refractivity contribution in [3.63, 3.8) is 0 Å². The van der Waals surface area contributed by atoms with E-state index in [0.717, 1.165) is 14.5 Å². The Kier molecular flexibility index (Phi) is 4.87. The molecule has 0 spiro atoms. The second kappa shape index (κ2) is 6.63. The highest BCUT2D eigenvalue weighted by Crippen LogP contribution is 2.13. The molecule has 1 N–H and O–H groups in total. The molecule has 0 unspecified atom stereocenters. The van der Waals surface area contributed by atoms with Crippen molar-refractivity contribution in [1.29, 1.82) is 0 Å². The number of hydrogen-bond donors (Lipinski definition) is 1. The highest BCUT2D eigenvalue weighted by atomic mass is 79.9. The first-order chi connectivity index (χ1) is 9.16. The zero-order chi connectivity index (χ0) is 13.7. The minimum Gasteiger partial charge on any atom is -0.267 e. The average Bonchev–Trinajstić information content (AvgIpc) is 2.41.